The van der Waals surface area contributed by atoms with E-state index in [1.807, 2.05) is 0 Å². The first-order valence-corrected chi connectivity index (χ1v) is 9.30. The van der Waals surface area contributed by atoms with E-state index in [1.165, 1.54) is 17.7 Å². The van der Waals surface area contributed by atoms with Gasteiger partial charge in [-0.05, 0) is 49.5 Å². The number of carbonyl (C=O) groups is 1. The van der Waals surface area contributed by atoms with Gasteiger partial charge in [0.25, 0.3) is 5.91 Å². The Bertz CT molecular complexity index is 669. The summed E-state index contributed by atoms with van der Waals surface area (Å²) in [5.74, 6) is -0.182. The maximum absolute atomic E-state index is 12.4. The van der Waals surface area contributed by atoms with Crippen molar-refractivity contribution in [3.8, 4) is 0 Å². The Kier molecular flexibility index (Phi) is 5.59. The van der Waals surface area contributed by atoms with Crippen molar-refractivity contribution in [2.75, 3.05) is 19.6 Å². The molecule has 1 unspecified atom stereocenters. The van der Waals surface area contributed by atoms with Crippen LogP contribution in [-0.2, 0) is 0 Å². The van der Waals surface area contributed by atoms with E-state index in [1.54, 1.807) is 29.5 Å². The SMILES string of the molecule is O=C(NCC(c1cccs1)N1CCCC1)c1cccc(Cl)c1Cl. The van der Waals surface area contributed by atoms with Crippen molar-refractivity contribution in [2.45, 2.75) is 18.9 Å². The summed E-state index contributed by atoms with van der Waals surface area (Å²) in [6.07, 6.45) is 2.44. The van der Waals surface area contributed by atoms with Crippen molar-refractivity contribution in [3.63, 3.8) is 0 Å². The highest BCUT2D eigenvalue weighted by molar-refractivity contribution is 7.10. The van der Waals surface area contributed by atoms with Gasteiger partial charge in [-0.1, -0.05) is 35.3 Å². The molecule has 1 amide bonds. The summed E-state index contributed by atoms with van der Waals surface area (Å²) in [6, 6.07) is 9.52. The van der Waals surface area contributed by atoms with Crippen molar-refractivity contribution < 1.29 is 4.79 Å². The minimum Gasteiger partial charge on any atom is -0.350 e. The normalized spacial score (nSPS) is 16.4. The number of thiophene rings is 1. The molecule has 6 heteroatoms. The number of rotatable bonds is 5. The van der Waals surface area contributed by atoms with Crippen molar-refractivity contribution in [2.24, 2.45) is 0 Å². The molecule has 1 N–H and O–H groups in total. The van der Waals surface area contributed by atoms with Crippen LogP contribution in [0.3, 0.4) is 0 Å². The van der Waals surface area contributed by atoms with Crippen LogP contribution < -0.4 is 5.32 Å². The molecule has 0 radical (unpaired) electrons. The molecule has 2 heterocycles. The number of carbonyl (C=O) groups excluding carboxylic acids is 1. The molecule has 3 nitrogen and oxygen atoms in total. The van der Waals surface area contributed by atoms with Gasteiger partial charge in [-0.25, -0.2) is 0 Å². The second kappa shape index (κ2) is 7.67. The van der Waals surface area contributed by atoms with Gasteiger partial charge in [-0.15, -0.1) is 11.3 Å². The molecule has 0 spiro atoms. The van der Waals surface area contributed by atoms with Crippen LogP contribution in [-0.4, -0.2) is 30.4 Å². The predicted molar refractivity (Wildman–Crippen MR) is 96.7 cm³/mol. The fraction of sp³-hybridized carbons (Fsp3) is 0.353. The molecule has 1 fully saturated rings. The second-order valence-corrected chi connectivity index (χ2v) is 7.35. The van der Waals surface area contributed by atoms with E-state index in [-0.39, 0.29) is 11.9 Å². The highest BCUT2D eigenvalue weighted by Crippen LogP contribution is 2.29. The zero-order valence-corrected chi connectivity index (χ0v) is 14.9. The highest BCUT2D eigenvalue weighted by atomic mass is 35.5. The molecule has 1 atom stereocenters. The van der Waals surface area contributed by atoms with Gasteiger partial charge in [0.1, 0.15) is 0 Å². The molecule has 0 bridgehead atoms. The molecule has 3 rings (SSSR count). The fourth-order valence-electron chi connectivity index (χ4n) is 2.91. The van der Waals surface area contributed by atoms with E-state index in [2.05, 4.69) is 27.7 Å². The highest BCUT2D eigenvalue weighted by Gasteiger charge is 2.25. The van der Waals surface area contributed by atoms with E-state index in [4.69, 9.17) is 23.2 Å². The van der Waals surface area contributed by atoms with Gasteiger partial charge in [-0.3, -0.25) is 9.69 Å². The third kappa shape index (κ3) is 3.89. The average Bonchev–Trinajstić information content (AvgIpc) is 3.24. The van der Waals surface area contributed by atoms with Crippen LogP contribution in [0.5, 0.6) is 0 Å². The molecule has 2 aromatic rings. The van der Waals surface area contributed by atoms with Crippen LogP contribution >= 0.6 is 34.5 Å². The number of nitrogens with one attached hydrogen (secondary N) is 1. The predicted octanol–water partition coefficient (Wildman–Crippen LogP) is 4.62. The van der Waals surface area contributed by atoms with Crippen LogP contribution in [0, 0.1) is 0 Å². The summed E-state index contributed by atoms with van der Waals surface area (Å²) in [7, 11) is 0. The van der Waals surface area contributed by atoms with E-state index < -0.39 is 0 Å². The fourth-order valence-corrected chi connectivity index (χ4v) is 4.15. The van der Waals surface area contributed by atoms with E-state index in [0.717, 1.165) is 13.1 Å². The molecule has 1 saturated heterocycles. The molecule has 122 valence electrons. The number of halogens is 2. The number of hydrogen-bond donors (Lipinski definition) is 1. The summed E-state index contributed by atoms with van der Waals surface area (Å²) in [5, 5.41) is 5.80. The standard InChI is InChI=1S/C17H18Cl2N2OS/c18-13-6-3-5-12(16(13)19)17(22)20-11-14(15-7-4-10-23-15)21-8-1-2-9-21/h3-7,10,14H,1-2,8-9,11H2,(H,20,22). The maximum atomic E-state index is 12.4. The molecular formula is C17H18Cl2N2OS. The molecule has 0 saturated carbocycles. The topological polar surface area (TPSA) is 32.3 Å². The summed E-state index contributed by atoms with van der Waals surface area (Å²) >= 11 is 13.8. The van der Waals surface area contributed by atoms with Crippen LogP contribution in [0.15, 0.2) is 35.7 Å². The number of nitrogens with zero attached hydrogens (tertiary/aromatic N) is 1. The Balaban J connectivity index is 1.71. The Labute approximate surface area is 150 Å². The summed E-state index contributed by atoms with van der Waals surface area (Å²) < 4.78 is 0. The lowest BCUT2D eigenvalue weighted by molar-refractivity contribution is 0.0938. The third-order valence-electron chi connectivity index (χ3n) is 4.11. The number of benzene rings is 1. The lowest BCUT2D eigenvalue weighted by Crippen LogP contribution is -2.36. The van der Waals surface area contributed by atoms with E-state index >= 15 is 0 Å². The molecule has 1 aliphatic rings. The third-order valence-corrected chi connectivity index (χ3v) is 5.90. The Morgan fingerprint density at radius 3 is 2.70 bits per heavy atom. The molecule has 23 heavy (non-hydrogen) atoms. The summed E-state index contributed by atoms with van der Waals surface area (Å²) in [4.78, 5) is 16.2. The number of amides is 1. The van der Waals surface area contributed by atoms with Crippen molar-refractivity contribution >= 4 is 40.4 Å². The minimum absolute atomic E-state index is 0.182. The van der Waals surface area contributed by atoms with Gasteiger partial charge in [0.05, 0.1) is 21.7 Å². The largest absolute Gasteiger partial charge is 0.350 e. The molecule has 1 aliphatic heterocycles. The summed E-state index contributed by atoms with van der Waals surface area (Å²) in [5.41, 5.74) is 0.422. The zero-order chi connectivity index (χ0) is 16.2. The quantitative estimate of drug-likeness (QED) is 0.834. The zero-order valence-electron chi connectivity index (χ0n) is 12.6. The molecule has 1 aromatic heterocycles. The lowest BCUT2D eigenvalue weighted by Gasteiger charge is -2.27. The van der Waals surface area contributed by atoms with Gasteiger partial charge < -0.3 is 5.32 Å². The van der Waals surface area contributed by atoms with Gasteiger partial charge in [0.2, 0.25) is 0 Å². The first-order valence-electron chi connectivity index (χ1n) is 7.66. The molecular weight excluding hydrogens is 351 g/mol. The minimum atomic E-state index is -0.182. The molecule has 0 aliphatic carbocycles. The lowest BCUT2D eigenvalue weighted by atomic mass is 10.1. The van der Waals surface area contributed by atoms with Gasteiger partial charge in [0.15, 0.2) is 0 Å². The van der Waals surface area contributed by atoms with Gasteiger partial charge >= 0.3 is 0 Å². The van der Waals surface area contributed by atoms with E-state index in [9.17, 15) is 4.79 Å². The van der Waals surface area contributed by atoms with Crippen LogP contribution in [0.4, 0.5) is 0 Å². The first-order chi connectivity index (χ1) is 11.2. The van der Waals surface area contributed by atoms with E-state index in [0.29, 0.717) is 22.2 Å². The van der Waals surface area contributed by atoms with Crippen molar-refractivity contribution in [1.29, 1.82) is 0 Å². The van der Waals surface area contributed by atoms with Gasteiger partial charge in [0, 0.05) is 11.4 Å². The Hall–Kier alpha value is -1.07. The van der Waals surface area contributed by atoms with Crippen LogP contribution in [0.2, 0.25) is 10.0 Å². The monoisotopic (exact) mass is 368 g/mol. The Morgan fingerprint density at radius 1 is 1.22 bits per heavy atom. The van der Waals surface area contributed by atoms with Crippen molar-refractivity contribution in [1.82, 2.24) is 10.2 Å². The first kappa shape index (κ1) is 16.8. The second-order valence-electron chi connectivity index (χ2n) is 5.59. The Morgan fingerprint density at radius 2 is 2.00 bits per heavy atom. The maximum Gasteiger partial charge on any atom is 0.252 e. The van der Waals surface area contributed by atoms with Crippen LogP contribution in [0.1, 0.15) is 34.1 Å². The smallest absolute Gasteiger partial charge is 0.252 e. The van der Waals surface area contributed by atoms with Crippen LogP contribution in [0.25, 0.3) is 0 Å². The number of hydrogen-bond acceptors (Lipinski definition) is 3. The summed E-state index contributed by atoms with van der Waals surface area (Å²) in [6.45, 7) is 2.73. The van der Waals surface area contributed by atoms with Gasteiger partial charge in [-0.2, -0.15) is 0 Å². The van der Waals surface area contributed by atoms with Crippen molar-refractivity contribution in [3.05, 3.63) is 56.2 Å². The average molecular weight is 369 g/mol. The number of likely N-dealkylation sites (tertiary alicyclic amines) is 1. The molecule has 1 aromatic carbocycles.